The van der Waals surface area contributed by atoms with Gasteiger partial charge in [0.05, 0.1) is 11.0 Å². The van der Waals surface area contributed by atoms with Crippen LogP contribution in [0.25, 0.3) is 33.7 Å². The van der Waals surface area contributed by atoms with Crippen LogP contribution in [-0.2, 0) is 0 Å². The minimum atomic E-state index is 0.218. The molecule has 0 aliphatic carbocycles. The van der Waals surface area contributed by atoms with E-state index >= 15 is 0 Å². The van der Waals surface area contributed by atoms with Crippen LogP contribution in [0.15, 0.2) is 59.0 Å². The Morgan fingerprint density at radius 2 is 1.78 bits per heavy atom. The van der Waals surface area contributed by atoms with E-state index in [1.165, 1.54) is 0 Å². The predicted molar refractivity (Wildman–Crippen MR) is 86.3 cm³/mol. The highest BCUT2D eigenvalue weighted by atomic mass is 16.3. The molecule has 0 amide bonds. The SMILES string of the molecule is O=Cc1ccc(-c2ccc3nc(-c4ccc(O)cc4)[nH]c3c2)o1. The molecule has 23 heavy (non-hydrogen) atoms. The van der Waals surface area contributed by atoms with Crippen LogP contribution in [0.2, 0.25) is 0 Å². The number of H-pyrrole nitrogens is 1. The van der Waals surface area contributed by atoms with Gasteiger partial charge in [0.1, 0.15) is 17.3 Å². The first-order chi connectivity index (χ1) is 11.2. The number of aldehydes is 1. The summed E-state index contributed by atoms with van der Waals surface area (Å²) in [7, 11) is 0. The minimum absolute atomic E-state index is 0.218. The number of hydrogen-bond donors (Lipinski definition) is 2. The Hall–Kier alpha value is -3.34. The van der Waals surface area contributed by atoms with E-state index in [9.17, 15) is 9.90 Å². The minimum Gasteiger partial charge on any atom is -0.508 e. The van der Waals surface area contributed by atoms with Crippen LogP contribution >= 0.6 is 0 Å². The number of carbonyl (C=O) groups excluding carboxylic acids is 1. The molecule has 5 heteroatoms. The average molecular weight is 304 g/mol. The number of aromatic nitrogens is 2. The maximum absolute atomic E-state index is 10.7. The summed E-state index contributed by atoms with van der Waals surface area (Å²) >= 11 is 0. The summed E-state index contributed by atoms with van der Waals surface area (Å²) < 4.78 is 5.44. The number of carbonyl (C=O) groups is 1. The molecule has 0 atom stereocenters. The Labute approximate surface area is 131 Å². The third kappa shape index (κ3) is 2.38. The summed E-state index contributed by atoms with van der Waals surface area (Å²) in [6, 6.07) is 16.0. The quantitative estimate of drug-likeness (QED) is 0.560. The lowest BCUT2D eigenvalue weighted by Gasteiger charge is -1.96. The third-order valence-corrected chi connectivity index (χ3v) is 3.65. The number of hydrogen-bond acceptors (Lipinski definition) is 4. The molecule has 2 heterocycles. The molecule has 0 saturated carbocycles. The van der Waals surface area contributed by atoms with Crippen LogP contribution in [0.4, 0.5) is 0 Å². The number of nitrogens with zero attached hydrogens (tertiary/aromatic N) is 1. The van der Waals surface area contributed by atoms with E-state index in [1.807, 2.05) is 18.2 Å². The van der Waals surface area contributed by atoms with Gasteiger partial charge in [0, 0.05) is 11.1 Å². The summed E-state index contributed by atoms with van der Waals surface area (Å²) in [6.07, 6.45) is 0.682. The Morgan fingerprint density at radius 1 is 1.00 bits per heavy atom. The van der Waals surface area contributed by atoms with Crippen LogP contribution < -0.4 is 0 Å². The lowest BCUT2D eigenvalue weighted by atomic mass is 10.1. The predicted octanol–water partition coefficient (Wildman–Crippen LogP) is 4.01. The molecule has 0 aliphatic heterocycles. The number of benzene rings is 2. The highest BCUT2D eigenvalue weighted by Gasteiger charge is 2.09. The lowest BCUT2D eigenvalue weighted by molar-refractivity contribution is 0.110. The van der Waals surface area contributed by atoms with E-state index in [0.717, 1.165) is 28.0 Å². The first-order valence-corrected chi connectivity index (χ1v) is 7.07. The second-order valence-electron chi connectivity index (χ2n) is 5.18. The van der Waals surface area contributed by atoms with Gasteiger partial charge in [-0.2, -0.15) is 0 Å². The van der Waals surface area contributed by atoms with Crippen molar-refractivity contribution in [3.05, 3.63) is 60.4 Å². The molecular formula is C18H12N2O3. The number of imidazole rings is 1. The maximum atomic E-state index is 10.7. The zero-order valence-electron chi connectivity index (χ0n) is 12.0. The molecule has 4 aromatic rings. The molecule has 2 N–H and O–H groups in total. The second kappa shape index (κ2) is 5.14. The zero-order chi connectivity index (χ0) is 15.8. The Balaban J connectivity index is 1.77. The Morgan fingerprint density at radius 3 is 2.52 bits per heavy atom. The maximum Gasteiger partial charge on any atom is 0.185 e. The standard InChI is InChI=1S/C18H12N2O3/c21-10-14-6-8-17(23-14)12-3-7-15-16(9-12)20-18(19-15)11-1-4-13(22)5-2-11/h1-10,22H,(H,19,20). The molecule has 0 fully saturated rings. The van der Waals surface area contributed by atoms with Gasteiger partial charge in [-0.1, -0.05) is 0 Å². The van der Waals surface area contributed by atoms with E-state index in [2.05, 4.69) is 9.97 Å². The number of furan rings is 1. The molecule has 112 valence electrons. The first-order valence-electron chi connectivity index (χ1n) is 7.07. The fourth-order valence-electron chi connectivity index (χ4n) is 2.49. The number of phenols is 1. The molecule has 5 nitrogen and oxygen atoms in total. The molecule has 0 spiro atoms. The van der Waals surface area contributed by atoms with E-state index in [1.54, 1.807) is 36.4 Å². The highest BCUT2D eigenvalue weighted by Crippen LogP contribution is 2.27. The normalized spacial score (nSPS) is 11.0. The Bertz CT molecular complexity index is 997. The van der Waals surface area contributed by atoms with Gasteiger partial charge in [0.15, 0.2) is 12.0 Å². The molecule has 0 radical (unpaired) electrons. The molecule has 4 rings (SSSR count). The summed E-state index contributed by atoms with van der Waals surface area (Å²) in [5.41, 5.74) is 3.46. The number of aromatic amines is 1. The van der Waals surface area contributed by atoms with Gasteiger partial charge < -0.3 is 14.5 Å². The number of rotatable bonds is 3. The van der Waals surface area contributed by atoms with E-state index < -0.39 is 0 Å². The van der Waals surface area contributed by atoms with Crippen LogP contribution in [0.3, 0.4) is 0 Å². The number of fused-ring (bicyclic) bond motifs is 1. The van der Waals surface area contributed by atoms with Gasteiger partial charge in [-0.3, -0.25) is 4.79 Å². The van der Waals surface area contributed by atoms with Gasteiger partial charge in [0.25, 0.3) is 0 Å². The van der Waals surface area contributed by atoms with Crippen molar-refractivity contribution in [2.75, 3.05) is 0 Å². The van der Waals surface area contributed by atoms with E-state index in [4.69, 9.17) is 4.42 Å². The molecule has 0 unspecified atom stereocenters. The molecular weight excluding hydrogens is 292 g/mol. The fraction of sp³-hybridized carbons (Fsp3) is 0. The molecule has 2 aromatic carbocycles. The van der Waals surface area contributed by atoms with Crippen molar-refractivity contribution in [2.24, 2.45) is 0 Å². The molecule has 0 aliphatic rings. The first kappa shape index (κ1) is 13.3. The monoisotopic (exact) mass is 304 g/mol. The summed E-state index contributed by atoms with van der Waals surface area (Å²) in [4.78, 5) is 18.5. The van der Waals surface area contributed by atoms with Gasteiger partial charge >= 0.3 is 0 Å². The third-order valence-electron chi connectivity index (χ3n) is 3.65. The smallest absolute Gasteiger partial charge is 0.185 e. The van der Waals surface area contributed by atoms with E-state index in [-0.39, 0.29) is 5.75 Å². The van der Waals surface area contributed by atoms with Crippen LogP contribution in [-0.4, -0.2) is 21.4 Å². The van der Waals surface area contributed by atoms with Crippen molar-refractivity contribution in [1.82, 2.24) is 9.97 Å². The summed E-state index contributed by atoms with van der Waals surface area (Å²) in [5, 5.41) is 9.36. The zero-order valence-corrected chi connectivity index (χ0v) is 12.0. The molecule has 2 aromatic heterocycles. The van der Waals surface area contributed by atoms with Crippen molar-refractivity contribution in [1.29, 1.82) is 0 Å². The van der Waals surface area contributed by atoms with E-state index in [0.29, 0.717) is 17.8 Å². The number of nitrogens with one attached hydrogen (secondary N) is 1. The highest BCUT2D eigenvalue weighted by molar-refractivity contribution is 5.84. The fourth-order valence-corrected chi connectivity index (χ4v) is 2.49. The van der Waals surface area contributed by atoms with Gasteiger partial charge in [-0.25, -0.2) is 4.98 Å². The lowest BCUT2D eigenvalue weighted by Crippen LogP contribution is -1.78. The average Bonchev–Trinajstić information content (AvgIpc) is 3.21. The summed E-state index contributed by atoms with van der Waals surface area (Å²) in [6.45, 7) is 0. The van der Waals surface area contributed by atoms with Crippen LogP contribution in [0, 0.1) is 0 Å². The molecule has 0 bridgehead atoms. The van der Waals surface area contributed by atoms with Gasteiger partial charge in [0.2, 0.25) is 0 Å². The second-order valence-corrected chi connectivity index (χ2v) is 5.18. The number of phenolic OH excluding ortho intramolecular Hbond substituents is 1. The van der Waals surface area contributed by atoms with Gasteiger partial charge in [-0.15, -0.1) is 0 Å². The summed E-state index contributed by atoms with van der Waals surface area (Å²) in [5.74, 6) is 1.88. The Kier molecular flexibility index (Phi) is 2.98. The van der Waals surface area contributed by atoms with Crippen molar-refractivity contribution < 1.29 is 14.3 Å². The topological polar surface area (TPSA) is 79.1 Å². The van der Waals surface area contributed by atoms with Crippen molar-refractivity contribution in [3.8, 4) is 28.5 Å². The van der Waals surface area contributed by atoms with Crippen molar-refractivity contribution in [3.63, 3.8) is 0 Å². The van der Waals surface area contributed by atoms with Crippen LogP contribution in [0.1, 0.15) is 10.6 Å². The van der Waals surface area contributed by atoms with Crippen molar-refractivity contribution >= 4 is 17.3 Å². The largest absolute Gasteiger partial charge is 0.508 e. The van der Waals surface area contributed by atoms with Crippen LogP contribution in [0.5, 0.6) is 5.75 Å². The van der Waals surface area contributed by atoms with Gasteiger partial charge in [-0.05, 0) is 54.6 Å². The molecule has 0 saturated heterocycles. The van der Waals surface area contributed by atoms with Crippen molar-refractivity contribution in [2.45, 2.75) is 0 Å². The number of aromatic hydroxyl groups is 1.